The number of halogens is 1. The quantitative estimate of drug-likeness (QED) is 0.655. The largest absolute Gasteiger partial charge is 0.370 e. The summed E-state index contributed by atoms with van der Waals surface area (Å²) >= 11 is 6.25. The number of morpholine rings is 1. The van der Waals surface area contributed by atoms with Crippen LogP contribution in [0.4, 0.5) is 11.4 Å². The molecule has 26 heavy (non-hydrogen) atoms. The van der Waals surface area contributed by atoms with Crippen molar-refractivity contribution in [2.45, 2.75) is 6.10 Å². The highest BCUT2D eigenvalue weighted by molar-refractivity contribution is 6.31. The number of carbonyl (C=O) groups is 1. The summed E-state index contributed by atoms with van der Waals surface area (Å²) in [5.41, 5.74) is 1.45. The monoisotopic (exact) mass is 375 g/mol. The Morgan fingerprint density at radius 2 is 2.12 bits per heavy atom. The van der Waals surface area contributed by atoms with Gasteiger partial charge in [0.15, 0.2) is 0 Å². The van der Waals surface area contributed by atoms with Crippen LogP contribution < -0.4 is 10.2 Å². The van der Waals surface area contributed by atoms with Crippen LogP contribution in [0.1, 0.15) is 22.0 Å². The van der Waals surface area contributed by atoms with Gasteiger partial charge in [0.1, 0.15) is 11.8 Å². The summed E-state index contributed by atoms with van der Waals surface area (Å²) in [7, 11) is 1.48. The lowest BCUT2D eigenvalue weighted by molar-refractivity contribution is -0.384. The lowest BCUT2D eigenvalue weighted by Crippen LogP contribution is -2.38. The van der Waals surface area contributed by atoms with E-state index in [2.05, 4.69) is 5.32 Å². The van der Waals surface area contributed by atoms with E-state index in [9.17, 15) is 14.9 Å². The highest BCUT2D eigenvalue weighted by atomic mass is 35.5. The minimum atomic E-state index is -0.470. The molecule has 1 unspecified atom stereocenters. The molecule has 1 fully saturated rings. The number of nitrogens with zero attached hydrogens (tertiary/aromatic N) is 2. The Morgan fingerprint density at radius 3 is 2.81 bits per heavy atom. The van der Waals surface area contributed by atoms with Crippen molar-refractivity contribution in [2.75, 3.05) is 31.6 Å². The van der Waals surface area contributed by atoms with Crippen LogP contribution in [-0.2, 0) is 4.74 Å². The molecule has 0 spiro atoms. The molecule has 1 N–H and O–H groups in total. The summed E-state index contributed by atoms with van der Waals surface area (Å²) in [6.07, 6.45) is -0.282. The molecule has 1 amide bonds. The fourth-order valence-electron chi connectivity index (χ4n) is 3.02. The highest BCUT2D eigenvalue weighted by Crippen LogP contribution is 2.34. The molecule has 2 aromatic rings. The second-order valence-corrected chi connectivity index (χ2v) is 6.27. The van der Waals surface area contributed by atoms with Crippen LogP contribution >= 0.6 is 11.6 Å². The molecule has 0 aromatic heterocycles. The highest BCUT2D eigenvalue weighted by Gasteiger charge is 2.28. The number of ether oxygens (including phenoxy) is 1. The van der Waals surface area contributed by atoms with Gasteiger partial charge in [-0.1, -0.05) is 29.8 Å². The first-order valence-corrected chi connectivity index (χ1v) is 8.50. The molecular formula is C18H18ClN3O4. The average Bonchev–Trinajstić information content (AvgIpc) is 2.67. The van der Waals surface area contributed by atoms with Crippen molar-refractivity contribution < 1.29 is 14.5 Å². The summed E-state index contributed by atoms with van der Waals surface area (Å²) in [6, 6.07) is 11.9. The zero-order valence-electron chi connectivity index (χ0n) is 14.1. The average molecular weight is 376 g/mol. The van der Waals surface area contributed by atoms with Crippen LogP contribution in [-0.4, -0.2) is 37.6 Å². The molecule has 0 aliphatic carbocycles. The number of carbonyl (C=O) groups excluding carboxylic acids is 1. The van der Waals surface area contributed by atoms with Crippen LogP contribution in [0.3, 0.4) is 0 Å². The molecule has 7 nitrogen and oxygen atoms in total. The van der Waals surface area contributed by atoms with E-state index in [1.54, 1.807) is 18.2 Å². The van der Waals surface area contributed by atoms with Crippen molar-refractivity contribution in [3.8, 4) is 0 Å². The SMILES string of the molecule is CNC(=O)c1ccc(N2CCOC(c3ccccc3Cl)C2)c([N+](=O)[O-])c1. The summed E-state index contributed by atoms with van der Waals surface area (Å²) in [5, 5.41) is 14.6. The van der Waals surface area contributed by atoms with E-state index in [1.807, 2.05) is 23.1 Å². The van der Waals surface area contributed by atoms with Gasteiger partial charge in [0, 0.05) is 42.4 Å². The first-order valence-electron chi connectivity index (χ1n) is 8.12. The van der Waals surface area contributed by atoms with E-state index >= 15 is 0 Å². The normalized spacial score (nSPS) is 17.0. The maximum atomic E-state index is 11.8. The third-order valence-corrected chi connectivity index (χ3v) is 4.66. The van der Waals surface area contributed by atoms with Gasteiger partial charge in [-0.25, -0.2) is 0 Å². The minimum Gasteiger partial charge on any atom is -0.370 e. The Morgan fingerprint density at radius 1 is 1.35 bits per heavy atom. The summed E-state index contributed by atoms with van der Waals surface area (Å²) in [6.45, 7) is 1.37. The van der Waals surface area contributed by atoms with Gasteiger partial charge < -0.3 is 15.0 Å². The second-order valence-electron chi connectivity index (χ2n) is 5.87. The zero-order valence-corrected chi connectivity index (χ0v) is 14.9. The molecule has 1 atom stereocenters. The van der Waals surface area contributed by atoms with Crippen LogP contribution in [0.15, 0.2) is 42.5 Å². The predicted molar refractivity (Wildman–Crippen MR) is 98.8 cm³/mol. The maximum absolute atomic E-state index is 11.8. The Kier molecular flexibility index (Phi) is 5.39. The number of hydrogen-bond donors (Lipinski definition) is 1. The molecule has 8 heteroatoms. The molecule has 1 aliphatic heterocycles. The van der Waals surface area contributed by atoms with Crippen molar-refractivity contribution >= 4 is 28.9 Å². The van der Waals surface area contributed by atoms with Crippen molar-refractivity contribution in [1.82, 2.24) is 5.32 Å². The zero-order chi connectivity index (χ0) is 18.7. The van der Waals surface area contributed by atoms with Gasteiger partial charge in [0.25, 0.3) is 11.6 Å². The van der Waals surface area contributed by atoms with Gasteiger partial charge in [-0.15, -0.1) is 0 Å². The fourth-order valence-corrected chi connectivity index (χ4v) is 3.27. The van der Waals surface area contributed by atoms with Gasteiger partial charge in [-0.3, -0.25) is 14.9 Å². The summed E-state index contributed by atoms with van der Waals surface area (Å²) < 4.78 is 5.82. The minimum absolute atomic E-state index is 0.106. The standard InChI is InChI=1S/C18H18ClN3O4/c1-20-18(23)12-6-7-15(16(10-12)22(24)25)21-8-9-26-17(11-21)13-4-2-3-5-14(13)19/h2-7,10,17H,8-9,11H2,1H3,(H,20,23). The number of benzene rings is 2. The maximum Gasteiger partial charge on any atom is 0.293 e. The summed E-state index contributed by atoms with van der Waals surface area (Å²) in [5.74, 6) is -0.365. The molecule has 136 valence electrons. The molecule has 3 rings (SSSR count). The van der Waals surface area contributed by atoms with E-state index in [0.29, 0.717) is 30.4 Å². The van der Waals surface area contributed by atoms with Crippen molar-refractivity contribution in [1.29, 1.82) is 0 Å². The summed E-state index contributed by atoms with van der Waals surface area (Å²) in [4.78, 5) is 24.7. The topological polar surface area (TPSA) is 84.7 Å². The Balaban J connectivity index is 1.92. The van der Waals surface area contributed by atoms with E-state index in [4.69, 9.17) is 16.3 Å². The van der Waals surface area contributed by atoms with Gasteiger partial charge in [-0.2, -0.15) is 0 Å². The Labute approximate surface area is 155 Å². The van der Waals surface area contributed by atoms with Gasteiger partial charge in [0.2, 0.25) is 0 Å². The van der Waals surface area contributed by atoms with Gasteiger partial charge >= 0.3 is 0 Å². The lowest BCUT2D eigenvalue weighted by atomic mass is 10.1. The molecule has 1 saturated heterocycles. The Bertz CT molecular complexity index is 843. The number of nitro groups is 1. The number of rotatable bonds is 4. The molecule has 2 aromatic carbocycles. The smallest absolute Gasteiger partial charge is 0.293 e. The fraction of sp³-hybridized carbons (Fsp3) is 0.278. The van der Waals surface area contributed by atoms with Crippen molar-refractivity contribution in [2.24, 2.45) is 0 Å². The Hall–Kier alpha value is -2.64. The first-order chi connectivity index (χ1) is 12.5. The molecule has 1 aliphatic rings. The molecule has 1 heterocycles. The molecule has 0 saturated carbocycles. The van der Waals surface area contributed by atoms with Gasteiger partial charge in [-0.05, 0) is 18.2 Å². The van der Waals surface area contributed by atoms with E-state index < -0.39 is 4.92 Å². The third-order valence-electron chi connectivity index (χ3n) is 4.32. The molecule has 0 bridgehead atoms. The number of nitrogens with one attached hydrogen (secondary N) is 1. The second kappa shape index (κ2) is 7.72. The molecule has 0 radical (unpaired) electrons. The number of anilines is 1. The number of amides is 1. The number of nitro benzene ring substituents is 1. The van der Waals surface area contributed by atoms with Crippen molar-refractivity contribution in [3.63, 3.8) is 0 Å². The van der Waals surface area contributed by atoms with Crippen LogP contribution in [0.2, 0.25) is 5.02 Å². The van der Waals surface area contributed by atoms with Crippen molar-refractivity contribution in [3.05, 3.63) is 68.7 Å². The van der Waals surface area contributed by atoms with Crippen LogP contribution in [0.25, 0.3) is 0 Å². The van der Waals surface area contributed by atoms with Gasteiger partial charge in [0.05, 0.1) is 11.5 Å². The lowest BCUT2D eigenvalue weighted by Gasteiger charge is -2.34. The van der Waals surface area contributed by atoms with E-state index in [0.717, 1.165) is 5.56 Å². The van der Waals surface area contributed by atoms with Crippen LogP contribution in [0.5, 0.6) is 0 Å². The van der Waals surface area contributed by atoms with E-state index in [1.165, 1.54) is 13.1 Å². The molecular weight excluding hydrogens is 358 g/mol. The number of hydrogen-bond acceptors (Lipinski definition) is 5. The van der Waals surface area contributed by atoms with Crippen LogP contribution in [0, 0.1) is 10.1 Å². The predicted octanol–water partition coefficient (Wildman–Crippen LogP) is 3.19. The first kappa shape index (κ1) is 18.2. The third kappa shape index (κ3) is 3.63. The van der Waals surface area contributed by atoms with E-state index in [-0.39, 0.29) is 23.3 Å².